The minimum Gasteiger partial charge on any atom is -0.314 e. The summed E-state index contributed by atoms with van der Waals surface area (Å²) in [7, 11) is 0. The van der Waals surface area contributed by atoms with E-state index in [9.17, 15) is 0 Å². The van der Waals surface area contributed by atoms with Gasteiger partial charge in [0.15, 0.2) is 0 Å². The summed E-state index contributed by atoms with van der Waals surface area (Å²) in [5.74, 6) is 0. The van der Waals surface area contributed by atoms with E-state index in [-0.39, 0.29) is 0 Å². The van der Waals surface area contributed by atoms with Gasteiger partial charge >= 0.3 is 0 Å². The van der Waals surface area contributed by atoms with Crippen molar-refractivity contribution in [3.8, 4) is 0 Å². The van der Waals surface area contributed by atoms with Gasteiger partial charge in [0, 0.05) is 19.0 Å². The maximum Gasteiger partial charge on any atom is 0.0766 e. The molecule has 0 aliphatic rings. The molecule has 0 saturated heterocycles. The molecule has 0 amide bonds. The fraction of sp³-hybridized carbons (Fsp3) is 0.769. The molecular formula is C13H24BrN3. The van der Waals surface area contributed by atoms with Gasteiger partial charge in [-0.05, 0) is 49.2 Å². The van der Waals surface area contributed by atoms with Gasteiger partial charge in [-0.3, -0.25) is 4.68 Å². The Morgan fingerprint density at radius 3 is 2.59 bits per heavy atom. The van der Waals surface area contributed by atoms with E-state index in [1.165, 1.54) is 22.3 Å². The van der Waals surface area contributed by atoms with Gasteiger partial charge in [-0.1, -0.05) is 13.8 Å². The Hall–Kier alpha value is -0.350. The molecule has 0 radical (unpaired) electrons. The fourth-order valence-electron chi connectivity index (χ4n) is 1.97. The lowest BCUT2D eigenvalue weighted by atomic mass is 10.1. The highest BCUT2D eigenvalue weighted by Gasteiger charge is 2.15. The lowest BCUT2D eigenvalue weighted by molar-refractivity contribution is 0.513. The van der Waals surface area contributed by atoms with Crippen molar-refractivity contribution < 1.29 is 0 Å². The Labute approximate surface area is 113 Å². The van der Waals surface area contributed by atoms with Crippen LogP contribution >= 0.6 is 15.9 Å². The standard InChI is InChI=1S/C13H24BrN3/c1-5-8-15-10(4)9-12-13(14)11(6-2)16-17(12)7-3/h10,15H,5-9H2,1-4H3. The molecule has 1 aromatic heterocycles. The van der Waals surface area contributed by atoms with E-state index in [4.69, 9.17) is 0 Å². The molecule has 1 rings (SSSR count). The molecule has 0 bridgehead atoms. The van der Waals surface area contributed by atoms with Crippen LogP contribution in [0.15, 0.2) is 4.47 Å². The monoisotopic (exact) mass is 301 g/mol. The van der Waals surface area contributed by atoms with Crippen LogP contribution in [-0.4, -0.2) is 22.4 Å². The van der Waals surface area contributed by atoms with Gasteiger partial charge in [-0.25, -0.2) is 0 Å². The molecule has 17 heavy (non-hydrogen) atoms. The molecule has 1 aromatic rings. The van der Waals surface area contributed by atoms with Crippen molar-refractivity contribution in [3.05, 3.63) is 15.9 Å². The summed E-state index contributed by atoms with van der Waals surface area (Å²) in [6.07, 6.45) is 3.19. The van der Waals surface area contributed by atoms with Gasteiger partial charge < -0.3 is 5.32 Å². The van der Waals surface area contributed by atoms with Gasteiger partial charge in [-0.15, -0.1) is 0 Å². The van der Waals surface area contributed by atoms with E-state index in [1.54, 1.807) is 0 Å². The van der Waals surface area contributed by atoms with Crippen LogP contribution in [0.1, 0.15) is 45.5 Å². The first-order valence-electron chi connectivity index (χ1n) is 6.61. The molecule has 0 fully saturated rings. The quantitative estimate of drug-likeness (QED) is 0.838. The van der Waals surface area contributed by atoms with Gasteiger partial charge in [0.2, 0.25) is 0 Å². The largest absolute Gasteiger partial charge is 0.314 e. The van der Waals surface area contributed by atoms with E-state index >= 15 is 0 Å². The molecule has 0 aromatic carbocycles. The molecule has 0 aliphatic heterocycles. The molecule has 0 aliphatic carbocycles. The number of hydrogen-bond donors (Lipinski definition) is 1. The zero-order valence-electron chi connectivity index (χ0n) is 11.4. The minimum absolute atomic E-state index is 0.498. The van der Waals surface area contributed by atoms with E-state index in [1.807, 2.05) is 0 Å². The zero-order chi connectivity index (χ0) is 12.8. The third kappa shape index (κ3) is 3.81. The van der Waals surface area contributed by atoms with Crippen molar-refractivity contribution in [2.24, 2.45) is 0 Å². The second kappa shape index (κ2) is 7.17. The average Bonchev–Trinajstić information content (AvgIpc) is 2.63. The Morgan fingerprint density at radius 2 is 2.06 bits per heavy atom. The van der Waals surface area contributed by atoms with Crippen LogP contribution in [0.2, 0.25) is 0 Å². The Bertz CT molecular complexity index is 347. The first-order chi connectivity index (χ1) is 8.13. The third-order valence-corrected chi connectivity index (χ3v) is 3.85. The van der Waals surface area contributed by atoms with Crippen LogP contribution < -0.4 is 5.32 Å². The lowest BCUT2D eigenvalue weighted by Gasteiger charge is -2.14. The van der Waals surface area contributed by atoms with E-state index in [0.29, 0.717) is 6.04 Å². The number of aryl methyl sites for hydroxylation is 2. The van der Waals surface area contributed by atoms with Crippen molar-refractivity contribution in [2.75, 3.05) is 6.54 Å². The molecule has 1 N–H and O–H groups in total. The second-order valence-electron chi connectivity index (χ2n) is 4.44. The van der Waals surface area contributed by atoms with Crippen molar-refractivity contribution in [3.63, 3.8) is 0 Å². The third-order valence-electron chi connectivity index (χ3n) is 2.94. The van der Waals surface area contributed by atoms with Gasteiger partial charge in [-0.2, -0.15) is 5.10 Å². The second-order valence-corrected chi connectivity index (χ2v) is 5.23. The first kappa shape index (κ1) is 14.7. The van der Waals surface area contributed by atoms with Crippen molar-refractivity contribution >= 4 is 15.9 Å². The Morgan fingerprint density at radius 1 is 1.35 bits per heavy atom. The highest BCUT2D eigenvalue weighted by Crippen LogP contribution is 2.23. The van der Waals surface area contributed by atoms with Crippen LogP contribution in [-0.2, 0) is 19.4 Å². The van der Waals surface area contributed by atoms with Crippen LogP contribution in [0.5, 0.6) is 0 Å². The molecule has 1 atom stereocenters. The van der Waals surface area contributed by atoms with Crippen LogP contribution in [0.25, 0.3) is 0 Å². The van der Waals surface area contributed by atoms with Gasteiger partial charge in [0.05, 0.1) is 15.9 Å². The molecular weight excluding hydrogens is 278 g/mol. The summed E-state index contributed by atoms with van der Waals surface area (Å²) >= 11 is 3.69. The van der Waals surface area contributed by atoms with Crippen molar-refractivity contribution in [1.82, 2.24) is 15.1 Å². The Kier molecular flexibility index (Phi) is 6.20. The summed E-state index contributed by atoms with van der Waals surface area (Å²) in [6, 6.07) is 0.498. The Balaban J connectivity index is 2.78. The van der Waals surface area contributed by atoms with Crippen molar-refractivity contribution in [1.29, 1.82) is 0 Å². The topological polar surface area (TPSA) is 29.9 Å². The minimum atomic E-state index is 0.498. The van der Waals surface area contributed by atoms with Gasteiger partial charge in [0.25, 0.3) is 0 Å². The molecule has 3 nitrogen and oxygen atoms in total. The number of aromatic nitrogens is 2. The first-order valence-corrected chi connectivity index (χ1v) is 7.40. The summed E-state index contributed by atoms with van der Waals surface area (Å²) in [5.41, 5.74) is 2.49. The van der Waals surface area contributed by atoms with Crippen LogP contribution in [0.3, 0.4) is 0 Å². The number of nitrogens with zero attached hydrogens (tertiary/aromatic N) is 2. The smallest absolute Gasteiger partial charge is 0.0766 e. The maximum atomic E-state index is 4.62. The lowest BCUT2D eigenvalue weighted by Crippen LogP contribution is -2.29. The molecule has 4 heteroatoms. The van der Waals surface area contributed by atoms with E-state index in [2.05, 4.69) is 58.7 Å². The number of hydrogen-bond acceptors (Lipinski definition) is 2. The predicted octanol–water partition coefficient (Wildman–Crippen LogP) is 3.16. The normalized spacial score (nSPS) is 13.0. The highest BCUT2D eigenvalue weighted by atomic mass is 79.9. The maximum absolute atomic E-state index is 4.62. The number of halogens is 1. The predicted molar refractivity (Wildman–Crippen MR) is 76.4 cm³/mol. The fourth-order valence-corrected chi connectivity index (χ4v) is 2.69. The average molecular weight is 302 g/mol. The summed E-state index contributed by atoms with van der Waals surface area (Å²) in [4.78, 5) is 0. The van der Waals surface area contributed by atoms with Gasteiger partial charge in [0.1, 0.15) is 0 Å². The molecule has 98 valence electrons. The summed E-state index contributed by atoms with van der Waals surface area (Å²) < 4.78 is 3.32. The molecule has 1 heterocycles. The molecule has 1 unspecified atom stereocenters. The summed E-state index contributed by atoms with van der Waals surface area (Å²) in [6.45, 7) is 10.7. The van der Waals surface area contributed by atoms with Crippen molar-refractivity contribution in [2.45, 2.75) is 59.5 Å². The zero-order valence-corrected chi connectivity index (χ0v) is 13.0. The van der Waals surface area contributed by atoms with Crippen LogP contribution in [0, 0.1) is 0 Å². The van der Waals surface area contributed by atoms with Crippen LogP contribution in [0.4, 0.5) is 0 Å². The molecule has 0 spiro atoms. The number of nitrogens with one attached hydrogen (secondary N) is 1. The van der Waals surface area contributed by atoms with E-state index < -0.39 is 0 Å². The number of rotatable bonds is 7. The SMILES string of the molecule is CCCNC(C)Cc1c(Br)c(CC)nn1CC. The van der Waals surface area contributed by atoms with E-state index in [0.717, 1.165) is 25.9 Å². The molecule has 0 saturated carbocycles. The summed E-state index contributed by atoms with van der Waals surface area (Å²) in [5, 5.41) is 8.15. The highest BCUT2D eigenvalue weighted by molar-refractivity contribution is 9.10.